The van der Waals surface area contributed by atoms with Crippen LogP contribution in [-0.2, 0) is 0 Å². The number of hydrogen-bond donors (Lipinski definition) is 2. The molecule has 2 aliphatic rings. The molecule has 1 atom stereocenters. The summed E-state index contributed by atoms with van der Waals surface area (Å²) in [7, 11) is 1.85. The molecular formula is C19H21F2N3O3. The van der Waals surface area contributed by atoms with Gasteiger partial charge in [-0.3, -0.25) is 4.79 Å². The summed E-state index contributed by atoms with van der Waals surface area (Å²) in [5, 5.41) is 12.7. The Morgan fingerprint density at radius 3 is 2.67 bits per heavy atom. The van der Waals surface area contributed by atoms with E-state index in [1.54, 1.807) is 4.57 Å². The van der Waals surface area contributed by atoms with Crippen LogP contribution in [0.5, 0.6) is 0 Å². The minimum atomic E-state index is -1.37. The van der Waals surface area contributed by atoms with Gasteiger partial charge in [-0.2, -0.15) is 0 Å². The topological polar surface area (TPSA) is 74.6 Å². The standard InChI is InChI=1S/C19H21F2N3O3/c1-22-8-10-4-5-23(9-10)18-15(19(26)27)17(25)13-6-11(20)7-14(21)16(13)24(18)12-2-3-12/h6-7,10,12,22H,2-5,8-9H2,1H3,(H,26,27). The fraction of sp³-hybridized carbons (Fsp3) is 0.474. The Balaban J connectivity index is 2.02. The molecule has 2 aromatic rings. The number of anilines is 1. The smallest absolute Gasteiger partial charge is 0.343 e. The van der Waals surface area contributed by atoms with Gasteiger partial charge in [-0.1, -0.05) is 0 Å². The van der Waals surface area contributed by atoms with Crippen LogP contribution in [0.2, 0.25) is 0 Å². The number of carboxylic acid groups (broad SMARTS) is 1. The highest BCUT2D eigenvalue weighted by molar-refractivity contribution is 5.99. The number of benzene rings is 1. The molecule has 0 bridgehead atoms. The largest absolute Gasteiger partial charge is 0.477 e. The molecule has 8 heteroatoms. The predicted octanol–water partition coefficient (Wildman–Crippen LogP) is 2.36. The maximum atomic E-state index is 14.7. The second-order valence-electron chi connectivity index (χ2n) is 7.38. The molecule has 1 unspecified atom stereocenters. The zero-order valence-corrected chi connectivity index (χ0v) is 15.0. The van der Waals surface area contributed by atoms with Crippen LogP contribution in [0, 0.1) is 17.6 Å². The quantitative estimate of drug-likeness (QED) is 0.837. The van der Waals surface area contributed by atoms with Crippen molar-refractivity contribution < 1.29 is 18.7 Å². The monoisotopic (exact) mass is 377 g/mol. The van der Waals surface area contributed by atoms with Gasteiger partial charge >= 0.3 is 5.97 Å². The van der Waals surface area contributed by atoms with E-state index >= 15 is 0 Å². The summed E-state index contributed by atoms with van der Waals surface area (Å²) in [6.45, 7) is 1.95. The Morgan fingerprint density at radius 2 is 2.04 bits per heavy atom. The number of carboxylic acids is 1. The molecule has 1 saturated carbocycles. The second kappa shape index (κ2) is 6.60. The number of aromatic nitrogens is 1. The van der Waals surface area contributed by atoms with Crippen molar-refractivity contribution in [1.82, 2.24) is 9.88 Å². The molecule has 2 heterocycles. The summed E-state index contributed by atoms with van der Waals surface area (Å²) >= 11 is 0. The lowest BCUT2D eigenvalue weighted by molar-refractivity contribution is 0.0695. The van der Waals surface area contributed by atoms with Gasteiger partial charge in [-0.05, 0) is 44.8 Å². The Morgan fingerprint density at radius 1 is 1.30 bits per heavy atom. The van der Waals surface area contributed by atoms with Crippen LogP contribution in [-0.4, -0.2) is 42.3 Å². The van der Waals surface area contributed by atoms with Crippen molar-refractivity contribution in [2.45, 2.75) is 25.3 Å². The SMILES string of the molecule is CNCC1CCN(c2c(C(=O)O)c(=O)c3cc(F)cc(F)c3n2C2CC2)C1. The predicted molar refractivity (Wildman–Crippen MR) is 97.6 cm³/mol. The lowest BCUT2D eigenvalue weighted by atomic mass is 10.1. The van der Waals surface area contributed by atoms with E-state index < -0.39 is 28.6 Å². The van der Waals surface area contributed by atoms with Crippen molar-refractivity contribution in [3.05, 3.63) is 39.6 Å². The molecule has 1 aromatic heterocycles. The Kier molecular flexibility index (Phi) is 4.38. The fourth-order valence-corrected chi connectivity index (χ4v) is 4.12. The minimum absolute atomic E-state index is 0.000895. The van der Waals surface area contributed by atoms with Gasteiger partial charge < -0.3 is 19.9 Å². The third-order valence-corrected chi connectivity index (χ3v) is 5.40. The summed E-state index contributed by atoms with van der Waals surface area (Å²) in [6, 6.07) is 1.60. The van der Waals surface area contributed by atoms with E-state index in [0.717, 1.165) is 37.9 Å². The van der Waals surface area contributed by atoms with Crippen LogP contribution < -0.4 is 15.6 Å². The lowest BCUT2D eigenvalue weighted by Crippen LogP contribution is -2.32. The van der Waals surface area contributed by atoms with Gasteiger partial charge in [0.15, 0.2) is 5.82 Å². The number of fused-ring (bicyclic) bond motifs is 1. The number of halogens is 2. The van der Waals surface area contributed by atoms with Gasteiger partial charge in [-0.15, -0.1) is 0 Å². The molecule has 1 aliphatic heterocycles. The maximum absolute atomic E-state index is 14.7. The van der Waals surface area contributed by atoms with Gasteiger partial charge in [0, 0.05) is 25.2 Å². The molecule has 27 heavy (non-hydrogen) atoms. The first-order valence-corrected chi connectivity index (χ1v) is 9.12. The van der Waals surface area contributed by atoms with Crippen molar-refractivity contribution in [2.24, 2.45) is 5.92 Å². The Bertz CT molecular complexity index is 985. The molecule has 1 saturated heterocycles. The number of hydrogen-bond acceptors (Lipinski definition) is 4. The van der Waals surface area contributed by atoms with E-state index in [2.05, 4.69) is 5.32 Å². The van der Waals surface area contributed by atoms with Gasteiger partial charge in [0.2, 0.25) is 5.43 Å². The van der Waals surface area contributed by atoms with E-state index in [9.17, 15) is 23.5 Å². The third-order valence-electron chi connectivity index (χ3n) is 5.40. The first-order chi connectivity index (χ1) is 12.9. The Hall–Kier alpha value is -2.48. The zero-order chi connectivity index (χ0) is 19.3. The highest BCUT2D eigenvalue weighted by Gasteiger charge is 2.36. The summed E-state index contributed by atoms with van der Waals surface area (Å²) in [5.41, 5.74) is -1.23. The van der Waals surface area contributed by atoms with Gasteiger partial charge in [0.25, 0.3) is 0 Å². The molecule has 1 aliphatic carbocycles. The van der Waals surface area contributed by atoms with Crippen molar-refractivity contribution in [3.63, 3.8) is 0 Å². The van der Waals surface area contributed by atoms with Gasteiger partial charge in [0.1, 0.15) is 17.2 Å². The fourth-order valence-electron chi connectivity index (χ4n) is 4.12. The highest BCUT2D eigenvalue weighted by Crippen LogP contribution is 2.43. The molecule has 6 nitrogen and oxygen atoms in total. The van der Waals surface area contributed by atoms with Crippen LogP contribution in [0.1, 0.15) is 35.7 Å². The summed E-state index contributed by atoms with van der Waals surface area (Å²) in [4.78, 5) is 26.7. The van der Waals surface area contributed by atoms with Crippen molar-refractivity contribution in [1.29, 1.82) is 0 Å². The second-order valence-corrected chi connectivity index (χ2v) is 7.38. The number of pyridine rings is 1. The number of nitrogens with zero attached hydrogens (tertiary/aromatic N) is 2. The van der Waals surface area contributed by atoms with Crippen LogP contribution in [0.25, 0.3) is 10.9 Å². The Labute approximate surface area is 154 Å². The van der Waals surface area contributed by atoms with Crippen molar-refractivity contribution in [3.8, 4) is 0 Å². The highest BCUT2D eigenvalue weighted by atomic mass is 19.1. The molecular weight excluding hydrogens is 356 g/mol. The van der Waals surface area contributed by atoms with E-state index in [1.807, 2.05) is 11.9 Å². The zero-order valence-electron chi connectivity index (χ0n) is 15.0. The summed E-state index contributed by atoms with van der Waals surface area (Å²) in [5.74, 6) is -2.52. The van der Waals surface area contributed by atoms with Crippen molar-refractivity contribution >= 4 is 22.7 Å². The molecule has 2 fully saturated rings. The van der Waals surface area contributed by atoms with Gasteiger partial charge in [0.05, 0.1) is 10.9 Å². The first-order valence-electron chi connectivity index (χ1n) is 9.12. The molecule has 0 amide bonds. The molecule has 0 radical (unpaired) electrons. The average Bonchev–Trinajstić information content (AvgIpc) is 3.34. The molecule has 144 valence electrons. The van der Waals surface area contributed by atoms with E-state index in [-0.39, 0.29) is 22.8 Å². The maximum Gasteiger partial charge on any atom is 0.343 e. The summed E-state index contributed by atoms with van der Waals surface area (Å²) in [6.07, 6.45) is 2.39. The van der Waals surface area contributed by atoms with E-state index in [4.69, 9.17) is 0 Å². The van der Waals surface area contributed by atoms with Gasteiger partial charge in [-0.25, -0.2) is 13.6 Å². The van der Waals surface area contributed by atoms with Crippen LogP contribution in [0.15, 0.2) is 16.9 Å². The third kappa shape index (κ3) is 2.97. The van der Waals surface area contributed by atoms with Crippen LogP contribution in [0.3, 0.4) is 0 Å². The number of rotatable bonds is 5. The van der Waals surface area contributed by atoms with Crippen molar-refractivity contribution in [2.75, 3.05) is 31.6 Å². The summed E-state index contributed by atoms with van der Waals surface area (Å²) < 4.78 is 30.1. The number of carbonyl (C=O) groups is 1. The average molecular weight is 377 g/mol. The number of nitrogens with one attached hydrogen (secondary N) is 1. The first kappa shape index (κ1) is 17.9. The van der Waals surface area contributed by atoms with E-state index in [0.29, 0.717) is 19.0 Å². The molecule has 0 spiro atoms. The normalized spacial score (nSPS) is 19.8. The van der Waals surface area contributed by atoms with Crippen LogP contribution >= 0.6 is 0 Å². The van der Waals surface area contributed by atoms with E-state index in [1.165, 1.54) is 0 Å². The van der Waals surface area contributed by atoms with Crippen LogP contribution in [0.4, 0.5) is 14.6 Å². The number of aromatic carboxylic acids is 1. The lowest BCUT2D eigenvalue weighted by Gasteiger charge is -2.27. The molecule has 4 rings (SSSR count). The molecule has 2 N–H and O–H groups in total. The minimum Gasteiger partial charge on any atom is -0.477 e. The molecule has 1 aromatic carbocycles.